The lowest BCUT2D eigenvalue weighted by molar-refractivity contribution is -0.119. The van der Waals surface area contributed by atoms with Crippen LogP contribution in [0.3, 0.4) is 0 Å². The molecule has 1 N–H and O–H groups in total. The average Bonchev–Trinajstić information content (AvgIpc) is 3.10. The first-order valence-corrected chi connectivity index (χ1v) is 5.54. The second kappa shape index (κ2) is 4.47. The molecule has 0 saturated heterocycles. The fourth-order valence-corrected chi connectivity index (χ4v) is 1.59. The number of amides is 1. The first kappa shape index (κ1) is 10.9. The Morgan fingerprint density at radius 3 is 2.38 bits per heavy atom. The maximum atomic E-state index is 11.7. The Balaban J connectivity index is 1.98. The van der Waals surface area contributed by atoms with E-state index in [1.165, 1.54) is 6.92 Å². The molecule has 1 aliphatic carbocycles. The highest BCUT2D eigenvalue weighted by molar-refractivity contribution is 5.99. The molecule has 0 bridgehead atoms. The zero-order chi connectivity index (χ0) is 11.5. The van der Waals surface area contributed by atoms with Gasteiger partial charge in [0.15, 0.2) is 5.78 Å². The van der Waals surface area contributed by atoms with Crippen molar-refractivity contribution in [3.63, 3.8) is 0 Å². The van der Waals surface area contributed by atoms with E-state index in [9.17, 15) is 9.59 Å². The summed E-state index contributed by atoms with van der Waals surface area (Å²) in [5.41, 5.74) is 1.80. The lowest BCUT2D eigenvalue weighted by Crippen LogP contribution is -2.18. The number of carbonyl (C=O) groups excluding carboxylic acids is 2. The van der Waals surface area contributed by atoms with Gasteiger partial charge in [-0.15, -0.1) is 0 Å². The van der Waals surface area contributed by atoms with Gasteiger partial charge in [-0.05, 0) is 18.4 Å². The third-order valence-corrected chi connectivity index (χ3v) is 2.73. The zero-order valence-electron chi connectivity index (χ0n) is 9.32. The van der Waals surface area contributed by atoms with Crippen LogP contribution in [-0.4, -0.2) is 11.7 Å². The van der Waals surface area contributed by atoms with Crippen LogP contribution < -0.4 is 5.32 Å². The summed E-state index contributed by atoms with van der Waals surface area (Å²) in [5.74, 6) is 0.477. The molecule has 2 rings (SSSR count). The predicted octanol–water partition coefficient (Wildman–Crippen LogP) is 1.92. The number of carbonyl (C=O) groups is 2. The van der Waals surface area contributed by atoms with E-state index in [-0.39, 0.29) is 17.6 Å². The second-order valence-corrected chi connectivity index (χ2v) is 4.25. The molecule has 3 nitrogen and oxygen atoms in total. The summed E-state index contributed by atoms with van der Waals surface area (Å²) in [6, 6.07) is 7.48. The molecule has 84 valence electrons. The van der Waals surface area contributed by atoms with Gasteiger partial charge in [-0.2, -0.15) is 0 Å². The van der Waals surface area contributed by atoms with Crippen molar-refractivity contribution in [1.29, 1.82) is 0 Å². The normalized spacial score (nSPS) is 14.6. The smallest absolute Gasteiger partial charge is 0.217 e. The number of hydrogen-bond donors (Lipinski definition) is 1. The summed E-state index contributed by atoms with van der Waals surface area (Å²) in [5, 5.41) is 2.72. The molecule has 0 heterocycles. The maximum Gasteiger partial charge on any atom is 0.217 e. The Morgan fingerprint density at radius 2 is 1.88 bits per heavy atom. The van der Waals surface area contributed by atoms with Crippen LogP contribution in [0.2, 0.25) is 0 Å². The van der Waals surface area contributed by atoms with E-state index >= 15 is 0 Å². The molecule has 0 spiro atoms. The first-order chi connectivity index (χ1) is 7.66. The number of hydrogen-bond acceptors (Lipinski definition) is 2. The molecule has 0 aliphatic heterocycles. The molecule has 1 saturated carbocycles. The van der Waals surface area contributed by atoms with Gasteiger partial charge in [0.25, 0.3) is 0 Å². The Hall–Kier alpha value is -1.64. The second-order valence-electron chi connectivity index (χ2n) is 4.25. The van der Waals surface area contributed by atoms with Crippen LogP contribution in [0.4, 0.5) is 0 Å². The zero-order valence-corrected chi connectivity index (χ0v) is 9.32. The largest absolute Gasteiger partial charge is 0.352 e. The number of Topliss-reactive ketones (excluding diaryl/α,β-unsaturated/α-hetero) is 1. The van der Waals surface area contributed by atoms with Crippen molar-refractivity contribution in [1.82, 2.24) is 5.32 Å². The van der Waals surface area contributed by atoms with Crippen molar-refractivity contribution in [2.24, 2.45) is 5.92 Å². The van der Waals surface area contributed by atoms with Gasteiger partial charge in [-0.25, -0.2) is 0 Å². The van der Waals surface area contributed by atoms with Gasteiger partial charge in [0.05, 0.1) is 0 Å². The number of rotatable bonds is 4. The van der Waals surface area contributed by atoms with E-state index in [4.69, 9.17) is 0 Å². The summed E-state index contributed by atoms with van der Waals surface area (Å²) in [4.78, 5) is 22.4. The number of nitrogens with one attached hydrogen (secondary N) is 1. The third kappa shape index (κ3) is 2.69. The van der Waals surface area contributed by atoms with Gasteiger partial charge in [-0.1, -0.05) is 24.3 Å². The van der Waals surface area contributed by atoms with Crippen molar-refractivity contribution in [3.8, 4) is 0 Å². The molecule has 1 aromatic rings. The fourth-order valence-electron chi connectivity index (χ4n) is 1.59. The molecule has 1 amide bonds. The molecule has 16 heavy (non-hydrogen) atoms. The van der Waals surface area contributed by atoms with Crippen LogP contribution in [0, 0.1) is 5.92 Å². The number of ketones is 1. The van der Waals surface area contributed by atoms with Gasteiger partial charge >= 0.3 is 0 Å². The molecule has 0 aromatic heterocycles. The Bertz CT molecular complexity index is 404. The van der Waals surface area contributed by atoms with Crippen LogP contribution in [0.25, 0.3) is 0 Å². The van der Waals surface area contributed by atoms with Gasteiger partial charge in [0.1, 0.15) is 0 Å². The standard InChI is InChI=1S/C13H15NO2/c1-9(15)14-8-10-2-4-11(5-3-10)13(16)12-6-7-12/h2-5,12H,6-8H2,1H3,(H,14,15). The Kier molecular flexibility index (Phi) is 3.04. The van der Waals surface area contributed by atoms with Crippen LogP contribution in [0.1, 0.15) is 35.7 Å². The van der Waals surface area contributed by atoms with Crippen molar-refractivity contribution in [3.05, 3.63) is 35.4 Å². The summed E-state index contributed by atoms with van der Waals surface area (Å²) in [6.45, 7) is 2.01. The van der Waals surface area contributed by atoms with Crippen LogP contribution >= 0.6 is 0 Å². The quantitative estimate of drug-likeness (QED) is 0.783. The highest BCUT2D eigenvalue weighted by Gasteiger charge is 2.30. The molecule has 0 atom stereocenters. The molecule has 1 fully saturated rings. The molecule has 3 heteroatoms. The highest BCUT2D eigenvalue weighted by Crippen LogP contribution is 2.32. The SMILES string of the molecule is CC(=O)NCc1ccc(C(=O)C2CC2)cc1. The van der Waals surface area contributed by atoms with E-state index in [1.54, 1.807) is 0 Å². The van der Waals surface area contributed by atoms with Crippen molar-refractivity contribution < 1.29 is 9.59 Å². The third-order valence-electron chi connectivity index (χ3n) is 2.73. The maximum absolute atomic E-state index is 11.7. The van der Waals surface area contributed by atoms with Gasteiger partial charge in [-0.3, -0.25) is 9.59 Å². The van der Waals surface area contributed by atoms with E-state index in [0.717, 1.165) is 24.0 Å². The predicted molar refractivity (Wildman–Crippen MR) is 61.0 cm³/mol. The summed E-state index contributed by atoms with van der Waals surface area (Å²) in [7, 11) is 0. The van der Waals surface area contributed by atoms with E-state index in [2.05, 4.69) is 5.32 Å². The minimum atomic E-state index is -0.0434. The van der Waals surface area contributed by atoms with Gasteiger partial charge in [0, 0.05) is 24.9 Å². The molecular weight excluding hydrogens is 202 g/mol. The Labute approximate surface area is 94.9 Å². The number of benzene rings is 1. The van der Waals surface area contributed by atoms with Gasteiger partial charge in [0.2, 0.25) is 5.91 Å². The lowest BCUT2D eigenvalue weighted by Gasteiger charge is -2.03. The average molecular weight is 217 g/mol. The molecule has 1 aliphatic rings. The topological polar surface area (TPSA) is 46.2 Å². The van der Waals surface area contributed by atoms with Crippen LogP contribution in [-0.2, 0) is 11.3 Å². The van der Waals surface area contributed by atoms with Crippen molar-refractivity contribution in [2.75, 3.05) is 0 Å². The van der Waals surface area contributed by atoms with Crippen LogP contribution in [0.15, 0.2) is 24.3 Å². The summed E-state index contributed by atoms with van der Waals surface area (Å²) >= 11 is 0. The Morgan fingerprint density at radius 1 is 1.25 bits per heavy atom. The lowest BCUT2D eigenvalue weighted by atomic mass is 10.1. The van der Waals surface area contributed by atoms with E-state index in [0.29, 0.717) is 6.54 Å². The van der Waals surface area contributed by atoms with Crippen molar-refractivity contribution >= 4 is 11.7 Å². The molecule has 0 radical (unpaired) electrons. The van der Waals surface area contributed by atoms with Crippen molar-refractivity contribution in [2.45, 2.75) is 26.3 Å². The minimum Gasteiger partial charge on any atom is -0.352 e. The first-order valence-electron chi connectivity index (χ1n) is 5.54. The van der Waals surface area contributed by atoms with E-state index in [1.807, 2.05) is 24.3 Å². The highest BCUT2D eigenvalue weighted by atomic mass is 16.1. The molecule has 1 aromatic carbocycles. The minimum absolute atomic E-state index is 0.0434. The summed E-state index contributed by atoms with van der Waals surface area (Å²) in [6.07, 6.45) is 2.07. The fraction of sp³-hybridized carbons (Fsp3) is 0.385. The van der Waals surface area contributed by atoms with Crippen LogP contribution in [0.5, 0.6) is 0 Å². The van der Waals surface area contributed by atoms with Gasteiger partial charge < -0.3 is 5.32 Å². The molecule has 0 unspecified atom stereocenters. The monoisotopic (exact) mass is 217 g/mol. The summed E-state index contributed by atoms with van der Waals surface area (Å²) < 4.78 is 0. The molecular formula is C13H15NO2. The van der Waals surface area contributed by atoms with E-state index < -0.39 is 0 Å².